The Balaban J connectivity index is 1.32. The predicted molar refractivity (Wildman–Crippen MR) is 128 cm³/mol. The number of rotatable bonds is 4. The summed E-state index contributed by atoms with van der Waals surface area (Å²) in [6.07, 6.45) is 0. The molecule has 0 aliphatic carbocycles. The molecule has 5 heteroatoms. The van der Waals surface area contributed by atoms with E-state index >= 15 is 0 Å². The van der Waals surface area contributed by atoms with Crippen LogP contribution < -0.4 is 5.32 Å². The Morgan fingerprint density at radius 2 is 1.63 bits per heavy atom. The minimum atomic E-state index is -0.0750. The van der Waals surface area contributed by atoms with Crippen molar-refractivity contribution in [2.45, 2.75) is 6.54 Å². The fourth-order valence-electron chi connectivity index (χ4n) is 3.51. The Kier molecular flexibility index (Phi) is 5.07. The number of nitrogens with zero attached hydrogens (tertiary/aromatic N) is 1. The van der Waals surface area contributed by atoms with Crippen molar-refractivity contribution in [3.8, 4) is 10.6 Å². The summed E-state index contributed by atoms with van der Waals surface area (Å²) in [5, 5.41) is 6.02. The molecule has 0 unspecified atom stereocenters. The van der Waals surface area contributed by atoms with Gasteiger partial charge in [0.2, 0.25) is 0 Å². The van der Waals surface area contributed by atoms with Crippen molar-refractivity contribution in [1.82, 2.24) is 10.3 Å². The van der Waals surface area contributed by atoms with E-state index in [1.807, 2.05) is 66.7 Å². The van der Waals surface area contributed by atoms with E-state index in [9.17, 15) is 4.79 Å². The third-order valence-electron chi connectivity index (χ3n) is 5.06. The lowest BCUT2D eigenvalue weighted by molar-refractivity contribution is 0.0952. The number of halogens is 1. The number of thiazole rings is 1. The molecular formula is C25H17BrN2OS. The summed E-state index contributed by atoms with van der Waals surface area (Å²) in [6, 6.07) is 28.1. The van der Waals surface area contributed by atoms with E-state index in [1.54, 1.807) is 11.3 Å². The van der Waals surface area contributed by atoms with Gasteiger partial charge >= 0.3 is 0 Å². The van der Waals surface area contributed by atoms with E-state index in [4.69, 9.17) is 4.98 Å². The molecule has 0 saturated carbocycles. The van der Waals surface area contributed by atoms with Gasteiger partial charge in [-0.2, -0.15) is 0 Å². The SMILES string of the molecule is O=C(NCc1ccc(-c2nc3ccccc3s2)cc1)c1cccc2c(Br)cccc12. The Labute approximate surface area is 186 Å². The molecule has 3 nitrogen and oxygen atoms in total. The van der Waals surface area contributed by atoms with E-state index in [1.165, 1.54) is 4.70 Å². The Morgan fingerprint density at radius 3 is 2.47 bits per heavy atom. The first-order valence-corrected chi connectivity index (χ1v) is 11.2. The minimum absolute atomic E-state index is 0.0750. The summed E-state index contributed by atoms with van der Waals surface area (Å²) in [5.41, 5.74) is 3.84. The molecule has 1 aromatic heterocycles. The molecule has 0 bridgehead atoms. The predicted octanol–water partition coefficient (Wildman–Crippen LogP) is 6.81. The molecule has 1 heterocycles. The maximum absolute atomic E-state index is 12.8. The molecular weight excluding hydrogens is 456 g/mol. The maximum atomic E-state index is 12.8. The van der Waals surface area contributed by atoms with Gasteiger partial charge in [-0.15, -0.1) is 11.3 Å². The van der Waals surface area contributed by atoms with Gasteiger partial charge in [0, 0.05) is 22.1 Å². The summed E-state index contributed by atoms with van der Waals surface area (Å²) in [5.74, 6) is -0.0750. The second-order valence-electron chi connectivity index (χ2n) is 7.01. The fourth-order valence-corrected chi connectivity index (χ4v) is 4.98. The highest BCUT2D eigenvalue weighted by molar-refractivity contribution is 9.10. The van der Waals surface area contributed by atoms with Crippen LogP contribution >= 0.6 is 27.3 Å². The fraction of sp³-hybridized carbons (Fsp3) is 0.0400. The molecule has 5 rings (SSSR count). The van der Waals surface area contributed by atoms with Gasteiger partial charge in [-0.3, -0.25) is 4.79 Å². The zero-order valence-corrected chi connectivity index (χ0v) is 18.3. The van der Waals surface area contributed by atoms with Gasteiger partial charge in [0.1, 0.15) is 5.01 Å². The highest BCUT2D eigenvalue weighted by atomic mass is 79.9. The number of fused-ring (bicyclic) bond motifs is 2. The Hall–Kier alpha value is -3.02. The van der Waals surface area contributed by atoms with Crippen molar-refractivity contribution in [3.63, 3.8) is 0 Å². The highest BCUT2D eigenvalue weighted by Crippen LogP contribution is 2.30. The second kappa shape index (κ2) is 8.01. The number of hydrogen-bond donors (Lipinski definition) is 1. The summed E-state index contributed by atoms with van der Waals surface area (Å²) in [4.78, 5) is 17.5. The number of carbonyl (C=O) groups excluding carboxylic acids is 1. The summed E-state index contributed by atoms with van der Waals surface area (Å²) in [7, 11) is 0. The van der Waals surface area contributed by atoms with Crippen molar-refractivity contribution in [3.05, 3.63) is 101 Å². The van der Waals surface area contributed by atoms with Crippen LogP contribution in [0.15, 0.2) is 89.4 Å². The molecule has 0 aliphatic heterocycles. The van der Waals surface area contributed by atoms with Crippen LogP contribution in [0.3, 0.4) is 0 Å². The van der Waals surface area contributed by atoms with Crippen LogP contribution in [0.1, 0.15) is 15.9 Å². The Morgan fingerprint density at radius 1 is 0.867 bits per heavy atom. The average Bonchev–Trinajstić information content (AvgIpc) is 3.22. The second-order valence-corrected chi connectivity index (χ2v) is 8.89. The summed E-state index contributed by atoms with van der Waals surface area (Å²) >= 11 is 5.25. The van der Waals surface area contributed by atoms with E-state index in [2.05, 4.69) is 39.4 Å². The molecule has 0 saturated heterocycles. The standard InChI is InChI=1S/C25H17BrN2OS/c26-21-8-4-5-18-19(21)6-3-7-20(18)24(29)27-15-16-11-13-17(14-12-16)25-28-22-9-1-2-10-23(22)30-25/h1-14H,15H2,(H,27,29). The molecule has 5 aromatic rings. The van der Waals surface area contributed by atoms with Crippen LogP contribution in [0.4, 0.5) is 0 Å². The molecule has 0 aliphatic rings. The van der Waals surface area contributed by atoms with Crippen molar-refractivity contribution >= 4 is 54.2 Å². The number of aromatic nitrogens is 1. The van der Waals surface area contributed by atoms with Crippen LogP contribution in [0.5, 0.6) is 0 Å². The largest absolute Gasteiger partial charge is 0.348 e. The van der Waals surface area contributed by atoms with Gasteiger partial charge in [0.25, 0.3) is 5.91 Å². The molecule has 1 amide bonds. The van der Waals surface area contributed by atoms with Crippen molar-refractivity contribution in [1.29, 1.82) is 0 Å². The number of amides is 1. The molecule has 0 atom stereocenters. The monoisotopic (exact) mass is 472 g/mol. The normalized spacial score (nSPS) is 11.1. The van der Waals surface area contributed by atoms with Gasteiger partial charge in [0.05, 0.1) is 10.2 Å². The quantitative estimate of drug-likeness (QED) is 0.312. The highest BCUT2D eigenvalue weighted by Gasteiger charge is 2.11. The third kappa shape index (κ3) is 3.62. The van der Waals surface area contributed by atoms with Crippen LogP contribution in [-0.2, 0) is 6.54 Å². The van der Waals surface area contributed by atoms with Crippen molar-refractivity contribution < 1.29 is 4.79 Å². The number of hydrogen-bond acceptors (Lipinski definition) is 3. The summed E-state index contributed by atoms with van der Waals surface area (Å²) < 4.78 is 2.17. The number of para-hydroxylation sites is 1. The molecule has 0 spiro atoms. The van der Waals surface area contributed by atoms with Crippen LogP contribution in [0, 0.1) is 0 Å². The van der Waals surface area contributed by atoms with E-state index in [0.29, 0.717) is 12.1 Å². The lowest BCUT2D eigenvalue weighted by Crippen LogP contribution is -2.23. The van der Waals surface area contributed by atoms with Crippen molar-refractivity contribution in [2.75, 3.05) is 0 Å². The van der Waals surface area contributed by atoms with Gasteiger partial charge in [-0.25, -0.2) is 4.98 Å². The summed E-state index contributed by atoms with van der Waals surface area (Å²) in [6.45, 7) is 0.476. The topological polar surface area (TPSA) is 42.0 Å². The van der Waals surface area contributed by atoms with Crippen LogP contribution in [-0.4, -0.2) is 10.9 Å². The number of benzene rings is 4. The van der Waals surface area contributed by atoms with Gasteiger partial charge in [0.15, 0.2) is 0 Å². The molecule has 4 aromatic carbocycles. The Bertz CT molecular complexity index is 1340. The molecule has 1 N–H and O–H groups in total. The van der Waals surface area contributed by atoms with Crippen molar-refractivity contribution in [2.24, 2.45) is 0 Å². The van der Waals surface area contributed by atoms with Gasteiger partial charge in [-0.05, 0) is 40.6 Å². The molecule has 0 radical (unpaired) electrons. The first kappa shape index (κ1) is 19.0. The zero-order valence-electron chi connectivity index (χ0n) is 15.9. The number of carbonyl (C=O) groups is 1. The van der Waals surface area contributed by atoms with E-state index < -0.39 is 0 Å². The minimum Gasteiger partial charge on any atom is -0.348 e. The maximum Gasteiger partial charge on any atom is 0.252 e. The van der Waals surface area contributed by atoms with Crippen LogP contribution in [0.25, 0.3) is 31.6 Å². The number of nitrogens with one attached hydrogen (secondary N) is 1. The lowest BCUT2D eigenvalue weighted by Gasteiger charge is -2.09. The smallest absolute Gasteiger partial charge is 0.252 e. The van der Waals surface area contributed by atoms with Gasteiger partial charge in [-0.1, -0.05) is 76.6 Å². The zero-order chi connectivity index (χ0) is 20.5. The lowest BCUT2D eigenvalue weighted by atomic mass is 10.0. The molecule has 0 fully saturated rings. The van der Waals surface area contributed by atoms with E-state index in [0.717, 1.165) is 36.9 Å². The molecule has 146 valence electrons. The average molecular weight is 473 g/mol. The van der Waals surface area contributed by atoms with E-state index in [-0.39, 0.29) is 5.91 Å². The first-order chi connectivity index (χ1) is 14.7. The third-order valence-corrected chi connectivity index (χ3v) is 6.84. The van der Waals surface area contributed by atoms with Crippen LogP contribution in [0.2, 0.25) is 0 Å². The molecule has 30 heavy (non-hydrogen) atoms. The first-order valence-electron chi connectivity index (χ1n) is 9.59. The van der Waals surface area contributed by atoms with Gasteiger partial charge < -0.3 is 5.32 Å².